The van der Waals surface area contributed by atoms with Gasteiger partial charge >= 0.3 is 5.97 Å². The number of carbonyl (C=O) groups excluding carboxylic acids is 1. The number of ether oxygens (including phenoxy) is 4. The number of fused-ring (bicyclic) bond motifs is 2. The number of rotatable bonds is 3. The van der Waals surface area contributed by atoms with E-state index in [1.54, 1.807) is 6.26 Å². The molecule has 7 nitrogen and oxygen atoms in total. The van der Waals surface area contributed by atoms with Crippen LogP contribution in [-0.4, -0.2) is 52.8 Å². The highest BCUT2D eigenvalue weighted by molar-refractivity contribution is 5.81. The topological polar surface area (TPSA) is 94.0 Å². The van der Waals surface area contributed by atoms with Crippen LogP contribution in [0, 0.1) is 35.0 Å². The molecule has 4 aliphatic carbocycles. The molecule has 0 radical (unpaired) electrons. The summed E-state index contributed by atoms with van der Waals surface area (Å²) in [7, 11) is 0. The lowest BCUT2D eigenvalue weighted by atomic mass is 9.49. The number of aliphatic hydroxyl groups excluding tert-OH is 1. The van der Waals surface area contributed by atoms with Crippen molar-refractivity contribution in [2.45, 2.75) is 134 Å². The molecule has 3 saturated heterocycles. The molecular weight excluding hydrogens is 520 g/mol. The van der Waals surface area contributed by atoms with Crippen LogP contribution < -0.4 is 0 Å². The Hall–Kier alpha value is -1.67. The minimum Gasteiger partial charge on any atom is -0.469 e. The average molecular weight is 565 g/mol. The monoisotopic (exact) mass is 564 g/mol. The van der Waals surface area contributed by atoms with Crippen molar-refractivity contribution in [3.8, 4) is 0 Å². The third-order valence-corrected chi connectivity index (χ3v) is 14.5. The minimum absolute atomic E-state index is 0.0755. The molecule has 0 amide bonds. The van der Waals surface area contributed by atoms with Crippen molar-refractivity contribution < 1.29 is 33.3 Å². The van der Waals surface area contributed by atoms with E-state index >= 15 is 0 Å². The van der Waals surface area contributed by atoms with Gasteiger partial charge in [0.1, 0.15) is 28.5 Å². The SMILES string of the molecule is CC1=C2C[C@]3(C)[C@@H](C)CC[C@H]4O[C@]43C[C@]23C[C@@](CO)(C(=O)O[C@@H]2c4c(C)coc4C[C@@]45O[C@@H]4CC[C@H](C)[C@@]25C)[C@H]1O3. The molecule has 3 saturated carbocycles. The molecule has 0 unspecified atom stereocenters. The molecule has 1 aromatic rings. The van der Waals surface area contributed by atoms with Crippen LogP contribution in [0.5, 0.6) is 0 Å². The number of hydrogen-bond donors (Lipinski definition) is 1. The van der Waals surface area contributed by atoms with E-state index in [4.69, 9.17) is 23.4 Å². The Balaban J connectivity index is 1.10. The summed E-state index contributed by atoms with van der Waals surface area (Å²) in [4.78, 5) is 14.7. The number of aliphatic hydroxyl groups is 1. The van der Waals surface area contributed by atoms with Gasteiger partial charge < -0.3 is 28.5 Å². The van der Waals surface area contributed by atoms with Gasteiger partial charge in [-0.25, -0.2) is 0 Å². The van der Waals surface area contributed by atoms with Gasteiger partial charge in [0.2, 0.25) is 0 Å². The molecule has 4 aliphatic heterocycles. The predicted molar refractivity (Wildman–Crippen MR) is 148 cm³/mol. The van der Waals surface area contributed by atoms with Crippen molar-refractivity contribution in [3.05, 3.63) is 34.3 Å². The van der Waals surface area contributed by atoms with Crippen LogP contribution in [0.15, 0.2) is 21.8 Å². The van der Waals surface area contributed by atoms with E-state index in [0.29, 0.717) is 18.3 Å². The standard InChI is InChI=1S/C34H44O7/c1-17-13-37-22-12-33-23(39-33)10-8-19(3)30(33,6)27(25(17)22)38-28(36)31(16-35)14-32-15-34-24(40-34)9-7-18(2)29(34,5)11-21(32)20(4)26(31)41-32/h13,18-19,23-24,26-27,35H,7-12,14-16H2,1-6H3/t18-,19-,23+,24+,26-,27+,29+,30-,31-,32+,33+,34+/m0/s1. The van der Waals surface area contributed by atoms with Crippen LogP contribution in [0.4, 0.5) is 0 Å². The summed E-state index contributed by atoms with van der Waals surface area (Å²) < 4.78 is 32.7. The summed E-state index contributed by atoms with van der Waals surface area (Å²) >= 11 is 0. The lowest BCUT2D eigenvalue weighted by Gasteiger charge is -2.54. The number of esters is 1. The molecule has 41 heavy (non-hydrogen) atoms. The molecule has 3 spiro atoms. The smallest absolute Gasteiger partial charge is 0.318 e. The highest BCUT2D eigenvalue weighted by Gasteiger charge is 2.80. The van der Waals surface area contributed by atoms with Crippen LogP contribution >= 0.6 is 0 Å². The van der Waals surface area contributed by atoms with Crippen molar-refractivity contribution in [3.63, 3.8) is 0 Å². The molecule has 2 bridgehead atoms. The van der Waals surface area contributed by atoms with Gasteiger partial charge in [-0.05, 0) is 74.5 Å². The average Bonchev–Trinajstić information content (AvgIpc) is 3.72. The van der Waals surface area contributed by atoms with Gasteiger partial charge in [-0.15, -0.1) is 0 Å². The Morgan fingerprint density at radius 2 is 1.68 bits per heavy atom. The molecule has 6 fully saturated rings. The normalized spacial score (nSPS) is 55.3. The first-order valence-corrected chi connectivity index (χ1v) is 16.0. The summed E-state index contributed by atoms with van der Waals surface area (Å²) in [5, 5.41) is 11.1. The zero-order chi connectivity index (χ0) is 28.5. The van der Waals surface area contributed by atoms with E-state index in [0.717, 1.165) is 61.0 Å². The zero-order valence-corrected chi connectivity index (χ0v) is 25.3. The second-order valence-electron chi connectivity index (χ2n) is 15.9. The van der Waals surface area contributed by atoms with E-state index < -0.39 is 23.2 Å². The van der Waals surface area contributed by atoms with Gasteiger partial charge in [-0.3, -0.25) is 4.79 Å². The molecule has 8 aliphatic rings. The minimum atomic E-state index is -1.14. The highest BCUT2D eigenvalue weighted by Crippen LogP contribution is 2.75. The molecule has 1 aromatic heterocycles. The molecule has 0 aromatic carbocycles. The first kappa shape index (κ1) is 25.8. The maximum atomic E-state index is 14.7. The summed E-state index contributed by atoms with van der Waals surface area (Å²) in [6.07, 6.45) is 8.51. The third kappa shape index (κ3) is 2.61. The highest BCUT2D eigenvalue weighted by atomic mass is 16.6. The van der Waals surface area contributed by atoms with Crippen LogP contribution in [0.25, 0.3) is 0 Å². The van der Waals surface area contributed by atoms with E-state index in [1.165, 1.54) is 12.0 Å². The van der Waals surface area contributed by atoms with Gasteiger partial charge in [0, 0.05) is 35.7 Å². The van der Waals surface area contributed by atoms with Gasteiger partial charge in [0.05, 0.1) is 36.8 Å². The van der Waals surface area contributed by atoms with Crippen molar-refractivity contribution >= 4 is 5.97 Å². The van der Waals surface area contributed by atoms with E-state index in [-0.39, 0.29) is 46.8 Å². The molecule has 5 heterocycles. The van der Waals surface area contributed by atoms with Crippen LogP contribution in [0.2, 0.25) is 0 Å². The second-order valence-corrected chi connectivity index (χ2v) is 15.9. The van der Waals surface area contributed by atoms with E-state index in [2.05, 4.69) is 34.6 Å². The zero-order valence-electron chi connectivity index (χ0n) is 25.3. The number of hydrogen-bond acceptors (Lipinski definition) is 7. The van der Waals surface area contributed by atoms with Gasteiger partial charge in [0.15, 0.2) is 0 Å². The van der Waals surface area contributed by atoms with Crippen LogP contribution in [-0.2, 0) is 30.2 Å². The molecule has 1 N–H and O–H groups in total. The van der Waals surface area contributed by atoms with Crippen LogP contribution in [0.3, 0.4) is 0 Å². The lowest BCUT2D eigenvalue weighted by molar-refractivity contribution is -0.185. The fourth-order valence-electron chi connectivity index (χ4n) is 11.6. The molecular formula is C34H44O7. The van der Waals surface area contributed by atoms with E-state index in [9.17, 15) is 9.90 Å². The van der Waals surface area contributed by atoms with E-state index in [1.807, 2.05) is 6.92 Å². The van der Waals surface area contributed by atoms with Crippen molar-refractivity contribution in [1.82, 2.24) is 0 Å². The Kier molecular flexibility index (Phi) is 4.62. The third-order valence-electron chi connectivity index (χ3n) is 14.5. The number of furan rings is 1. The molecule has 9 rings (SSSR count). The fraction of sp³-hybridized carbons (Fsp3) is 0.794. The summed E-state index contributed by atoms with van der Waals surface area (Å²) in [6.45, 7) is 13.2. The Morgan fingerprint density at radius 1 is 0.976 bits per heavy atom. The van der Waals surface area contributed by atoms with Crippen LogP contribution in [0.1, 0.15) is 103 Å². The number of aryl methyl sites for hydroxylation is 1. The first-order chi connectivity index (χ1) is 19.4. The Morgan fingerprint density at radius 3 is 2.44 bits per heavy atom. The summed E-state index contributed by atoms with van der Waals surface area (Å²) in [6, 6.07) is 0. The maximum absolute atomic E-state index is 14.7. The number of epoxide rings is 2. The largest absolute Gasteiger partial charge is 0.469 e. The Labute approximate surface area is 242 Å². The fourth-order valence-corrected chi connectivity index (χ4v) is 11.6. The maximum Gasteiger partial charge on any atom is 0.318 e. The quantitative estimate of drug-likeness (QED) is 0.294. The summed E-state index contributed by atoms with van der Waals surface area (Å²) in [5.74, 6) is 1.41. The summed E-state index contributed by atoms with van der Waals surface area (Å²) in [5.41, 5.74) is 1.91. The van der Waals surface area contributed by atoms with Crippen molar-refractivity contribution in [1.29, 1.82) is 0 Å². The molecule has 7 heteroatoms. The van der Waals surface area contributed by atoms with Crippen molar-refractivity contribution in [2.24, 2.45) is 28.1 Å². The predicted octanol–water partition coefficient (Wildman–Crippen LogP) is 5.51. The molecule has 12 atom stereocenters. The van der Waals surface area contributed by atoms with Gasteiger partial charge in [-0.1, -0.05) is 27.7 Å². The Bertz CT molecular complexity index is 1430. The first-order valence-electron chi connectivity index (χ1n) is 16.0. The van der Waals surface area contributed by atoms with Gasteiger partial charge in [0.25, 0.3) is 0 Å². The molecule has 222 valence electrons. The van der Waals surface area contributed by atoms with Gasteiger partial charge in [-0.2, -0.15) is 0 Å². The second kappa shape index (κ2) is 7.34. The van der Waals surface area contributed by atoms with Crippen molar-refractivity contribution in [2.75, 3.05) is 6.61 Å². The lowest BCUT2D eigenvalue weighted by Crippen LogP contribution is -2.58. The number of carbonyl (C=O) groups is 1.